The number of guanidine groups is 1. The van der Waals surface area contributed by atoms with Crippen LogP contribution in [0.1, 0.15) is 5.56 Å². The van der Waals surface area contributed by atoms with Crippen LogP contribution in [0.5, 0.6) is 0 Å². The molecule has 0 aliphatic carbocycles. The maximum absolute atomic E-state index is 12.2. The van der Waals surface area contributed by atoms with Crippen molar-refractivity contribution >= 4 is 35.1 Å². The Labute approximate surface area is 173 Å². The van der Waals surface area contributed by atoms with Crippen molar-refractivity contribution < 1.29 is 9.53 Å². The van der Waals surface area contributed by atoms with Crippen LogP contribution in [0.4, 0.5) is 5.69 Å². The number of benzene rings is 2. The van der Waals surface area contributed by atoms with Gasteiger partial charge in [0.15, 0.2) is 11.7 Å². The maximum Gasteiger partial charge on any atom is 0.365 e. The summed E-state index contributed by atoms with van der Waals surface area (Å²) in [6, 6.07) is 16.6. The fourth-order valence-electron chi connectivity index (χ4n) is 3.10. The molecule has 2 aromatic rings. The first-order valence-electron chi connectivity index (χ1n) is 9.27. The summed E-state index contributed by atoms with van der Waals surface area (Å²) in [6.07, 6.45) is 1.73. The van der Waals surface area contributed by atoms with Gasteiger partial charge in [-0.3, -0.25) is 5.41 Å². The molecule has 2 aliphatic heterocycles. The minimum absolute atomic E-state index is 0.279. The van der Waals surface area contributed by atoms with Crippen LogP contribution in [0.25, 0.3) is 0 Å². The van der Waals surface area contributed by atoms with E-state index in [2.05, 4.69) is 10.3 Å². The number of rotatable bonds is 3. The molecule has 7 nitrogen and oxygen atoms in total. The Hall–Kier alpha value is -3.32. The van der Waals surface area contributed by atoms with Crippen LogP contribution in [0, 0.1) is 5.41 Å². The number of cyclic esters (lactones) is 1. The summed E-state index contributed by atoms with van der Waals surface area (Å²) < 4.78 is 5.29. The van der Waals surface area contributed by atoms with Crippen molar-refractivity contribution in [3.63, 3.8) is 0 Å². The van der Waals surface area contributed by atoms with E-state index in [1.165, 1.54) is 0 Å². The summed E-state index contributed by atoms with van der Waals surface area (Å²) in [5.41, 5.74) is 1.87. The Morgan fingerprint density at radius 1 is 1.07 bits per heavy atom. The van der Waals surface area contributed by atoms with Crippen molar-refractivity contribution in [3.05, 3.63) is 77.1 Å². The number of anilines is 1. The molecule has 148 valence electrons. The van der Waals surface area contributed by atoms with Gasteiger partial charge >= 0.3 is 5.97 Å². The van der Waals surface area contributed by atoms with E-state index < -0.39 is 5.97 Å². The predicted molar refractivity (Wildman–Crippen MR) is 113 cm³/mol. The van der Waals surface area contributed by atoms with E-state index >= 15 is 0 Å². The molecular formula is C21H20ClN5O2. The van der Waals surface area contributed by atoms with E-state index in [0.717, 1.165) is 5.69 Å². The van der Waals surface area contributed by atoms with Crippen LogP contribution in [-0.4, -0.2) is 53.8 Å². The van der Waals surface area contributed by atoms with Gasteiger partial charge in [-0.2, -0.15) is 0 Å². The van der Waals surface area contributed by atoms with Crippen molar-refractivity contribution in [3.8, 4) is 0 Å². The first-order valence-corrected chi connectivity index (χ1v) is 9.64. The highest BCUT2D eigenvalue weighted by Gasteiger charge is 2.26. The third-order valence-corrected chi connectivity index (χ3v) is 4.94. The molecule has 8 heteroatoms. The molecule has 2 N–H and O–H groups in total. The second kappa shape index (κ2) is 8.36. The highest BCUT2D eigenvalue weighted by atomic mass is 35.5. The van der Waals surface area contributed by atoms with Crippen molar-refractivity contribution in [2.24, 2.45) is 4.99 Å². The van der Waals surface area contributed by atoms with Crippen molar-refractivity contribution in [2.45, 2.75) is 0 Å². The Kier molecular flexibility index (Phi) is 5.48. The minimum atomic E-state index is -0.462. The van der Waals surface area contributed by atoms with E-state index in [-0.39, 0.29) is 11.6 Å². The number of halogens is 1. The monoisotopic (exact) mass is 409 g/mol. The van der Waals surface area contributed by atoms with Crippen LogP contribution >= 0.6 is 11.6 Å². The Morgan fingerprint density at radius 2 is 1.76 bits per heavy atom. The molecule has 0 spiro atoms. The van der Waals surface area contributed by atoms with Gasteiger partial charge in [-0.1, -0.05) is 29.8 Å². The smallest absolute Gasteiger partial charge is 0.365 e. The van der Waals surface area contributed by atoms with E-state index in [9.17, 15) is 4.79 Å². The Balaban J connectivity index is 1.36. The number of nitrogens with one attached hydrogen (secondary N) is 2. The molecule has 2 aromatic carbocycles. The lowest BCUT2D eigenvalue weighted by molar-refractivity contribution is -0.130. The van der Waals surface area contributed by atoms with Crippen LogP contribution in [0.3, 0.4) is 0 Å². The predicted octanol–water partition coefficient (Wildman–Crippen LogP) is 3.15. The number of nitrogens with zero attached hydrogens (tertiary/aromatic N) is 3. The van der Waals surface area contributed by atoms with Gasteiger partial charge in [0.2, 0.25) is 5.90 Å². The Morgan fingerprint density at radius 3 is 2.45 bits per heavy atom. The van der Waals surface area contributed by atoms with Crippen molar-refractivity contribution in [1.82, 2.24) is 9.80 Å². The largest absolute Gasteiger partial charge is 0.402 e. The maximum atomic E-state index is 12.2. The average Bonchev–Trinajstić information content (AvgIpc) is 3.10. The molecular weight excluding hydrogens is 390 g/mol. The lowest BCUT2D eigenvalue weighted by atomic mass is 10.2. The molecule has 2 aliphatic rings. The first kappa shape index (κ1) is 19.0. The van der Waals surface area contributed by atoms with Gasteiger partial charge in [0.1, 0.15) is 0 Å². The molecule has 4 rings (SSSR count). The lowest BCUT2D eigenvalue weighted by Crippen LogP contribution is -2.48. The fraction of sp³-hybridized carbons (Fsp3) is 0.190. The standard InChI is InChI=1S/C21H20ClN5O2/c22-16-8-6-15(7-9-16)19-25-18(20(28)29-19)14-26-10-12-27(13-11-26)21(23)24-17-4-2-1-3-5-17/h1-9,14H,10-13H2,(H2,23,24). The minimum Gasteiger partial charge on any atom is -0.402 e. The summed E-state index contributed by atoms with van der Waals surface area (Å²) >= 11 is 5.89. The number of carbonyl (C=O) groups excluding carboxylic acids is 1. The van der Waals surface area contributed by atoms with Crippen LogP contribution < -0.4 is 5.32 Å². The van der Waals surface area contributed by atoms with E-state index in [1.807, 2.05) is 40.1 Å². The molecule has 0 unspecified atom stereocenters. The zero-order chi connectivity index (χ0) is 20.2. The quantitative estimate of drug-likeness (QED) is 0.352. The van der Waals surface area contributed by atoms with E-state index in [1.54, 1.807) is 30.5 Å². The summed E-state index contributed by atoms with van der Waals surface area (Å²) in [5.74, 6) is 0.188. The van der Waals surface area contributed by atoms with E-state index in [4.69, 9.17) is 21.7 Å². The number of aliphatic imine (C=N–C) groups is 1. The Bertz CT molecular complexity index is 964. The number of piperazine rings is 1. The normalized spacial score (nSPS) is 17.9. The van der Waals surface area contributed by atoms with Gasteiger partial charge in [0, 0.05) is 48.7 Å². The molecule has 29 heavy (non-hydrogen) atoms. The second-order valence-corrected chi connectivity index (χ2v) is 7.13. The fourth-order valence-corrected chi connectivity index (χ4v) is 3.23. The van der Waals surface area contributed by atoms with Crippen molar-refractivity contribution in [1.29, 1.82) is 5.41 Å². The molecule has 0 aromatic heterocycles. The van der Waals surface area contributed by atoms with Crippen LogP contribution in [0.2, 0.25) is 5.02 Å². The zero-order valence-electron chi connectivity index (χ0n) is 15.6. The molecule has 0 radical (unpaired) electrons. The molecule has 1 fully saturated rings. The lowest BCUT2D eigenvalue weighted by Gasteiger charge is -2.35. The number of esters is 1. The first-order chi connectivity index (χ1) is 14.1. The zero-order valence-corrected chi connectivity index (χ0v) is 16.4. The highest BCUT2D eigenvalue weighted by Crippen LogP contribution is 2.19. The SMILES string of the molecule is N=C(Nc1ccccc1)N1CCN(C=C2N=C(c3ccc(Cl)cc3)OC2=O)CC1. The third-order valence-electron chi connectivity index (χ3n) is 4.68. The average molecular weight is 410 g/mol. The molecule has 2 heterocycles. The highest BCUT2D eigenvalue weighted by molar-refractivity contribution is 6.30. The summed E-state index contributed by atoms with van der Waals surface area (Å²) in [6.45, 7) is 2.71. The topological polar surface area (TPSA) is 81.0 Å². The van der Waals surface area contributed by atoms with Gasteiger partial charge in [0.25, 0.3) is 0 Å². The summed E-state index contributed by atoms with van der Waals surface area (Å²) in [7, 11) is 0. The van der Waals surface area contributed by atoms with Crippen LogP contribution in [-0.2, 0) is 9.53 Å². The molecule has 0 atom stereocenters. The molecule has 1 saturated heterocycles. The summed E-state index contributed by atoms with van der Waals surface area (Å²) in [5, 5.41) is 12.0. The van der Waals surface area contributed by atoms with Gasteiger partial charge in [-0.25, -0.2) is 9.79 Å². The third kappa shape index (κ3) is 4.57. The number of hydrogen-bond donors (Lipinski definition) is 2. The summed E-state index contributed by atoms with van der Waals surface area (Å²) in [4.78, 5) is 20.5. The number of ether oxygens (including phenoxy) is 1. The number of carbonyl (C=O) groups is 1. The van der Waals surface area contributed by atoms with Gasteiger partial charge < -0.3 is 19.9 Å². The van der Waals surface area contributed by atoms with Crippen molar-refractivity contribution in [2.75, 3.05) is 31.5 Å². The van der Waals surface area contributed by atoms with Crippen LogP contribution in [0.15, 0.2) is 71.5 Å². The van der Waals surface area contributed by atoms with Gasteiger partial charge in [-0.15, -0.1) is 0 Å². The molecule has 0 bridgehead atoms. The molecule has 0 amide bonds. The second-order valence-electron chi connectivity index (χ2n) is 6.69. The van der Waals surface area contributed by atoms with E-state index in [0.29, 0.717) is 42.7 Å². The van der Waals surface area contributed by atoms with Gasteiger partial charge in [-0.05, 0) is 36.4 Å². The van der Waals surface area contributed by atoms with Gasteiger partial charge in [0.05, 0.1) is 0 Å². The number of para-hydroxylation sites is 1. The number of hydrogen-bond acceptors (Lipinski definition) is 5. The molecule has 0 saturated carbocycles.